The topological polar surface area (TPSA) is 111 Å². The monoisotopic (exact) mass is 272 g/mol. The van der Waals surface area contributed by atoms with Crippen molar-refractivity contribution in [1.82, 2.24) is 4.98 Å². The zero-order valence-electron chi connectivity index (χ0n) is 10.7. The molecule has 7 heteroatoms. The summed E-state index contributed by atoms with van der Waals surface area (Å²) in [6, 6.07) is 7.46. The molecule has 1 aromatic heterocycles. The van der Waals surface area contributed by atoms with E-state index in [1.54, 1.807) is 19.1 Å². The van der Waals surface area contributed by atoms with Crippen LogP contribution in [0.15, 0.2) is 36.5 Å². The van der Waals surface area contributed by atoms with Crippen LogP contribution in [-0.4, -0.2) is 15.8 Å². The van der Waals surface area contributed by atoms with E-state index in [1.807, 2.05) is 0 Å². The molecule has 20 heavy (non-hydrogen) atoms. The second-order valence-corrected chi connectivity index (χ2v) is 4.20. The second-order valence-electron chi connectivity index (χ2n) is 4.20. The number of carbonyl (C=O) groups is 1. The van der Waals surface area contributed by atoms with Crippen molar-refractivity contribution < 1.29 is 9.72 Å². The quantitative estimate of drug-likeness (QED) is 0.656. The average molecular weight is 272 g/mol. The Morgan fingerprint density at radius 1 is 1.35 bits per heavy atom. The van der Waals surface area contributed by atoms with E-state index in [9.17, 15) is 14.9 Å². The fraction of sp³-hybridized carbons (Fsp3) is 0.0769. The van der Waals surface area contributed by atoms with Crippen molar-refractivity contribution in [2.45, 2.75) is 6.92 Å². The molecule has 0 spiro atoms. The van der Waals surface area contributed by atoms with E-state index in [0.29, 0.717) is 11.5 Å². The number of carbonyl (C=O) groups excluding carboxylic acids is 1. The summed E-state index contributed by atoms with van der Waals surface area (Å²) >= 11 is 0. The molecule has 0 radical (unpaired) electrons. The van der Waals surface area contributed by atoms with Crippen molar-refractivity contribution >= 4 is 23.1 Å². The Balaban J connectivity index is 2.31. The minimum absolute atomic E-state index is 0.00632. The molecule has 7 nitrogen and oxygen atoms in total. The standard InChI is InChI=1S/C13H12N4O3/c1-8-2-4-11(17(19)20)10(6-8)13(18)16-9-3-5-12(14)15-7-9/h2-7H,1H3,(H2,14,15)(H,16,18). The van der Waals surface area contributed by atoms with Crippen molar-refractivity contribution in [2.24, 2.45) is 0 Å². The number of anilines is 2. The van der Waals surface area contributed by atoms with Gasteiger partial charge < -0.3 is 11.1 Å². The van der Waals surface area contributed by atoms with E-state index in [-0.39, 0.29) is 11.3 Å². The van der Waals surface area contributed by atoms with E-state index in [2.05, 4.69) is 10.3 Å². The number of hydrogen-bond acceptors (Lipinski definition) is 5. The SMILES string of the molecule is Cc1ccc([N+](=O)[O-])c(C(=O)Nc2ccc(N)nc2)c1. The van der Waals surface area contributed by atoms with E-state index in [1.165, 1.54) is 24.4 Å². The fourth-order valence-electron chi connectivity index (χ4n) is 1.67. The third-order valence-electron chi connectivity index (χ3n) is 2.64. The lowest BCUT2D eigenvalue weighted by Gasteiger charge is -2.06. The number of nitro benzene ring substituents is 1. The van der Waals surface area contributed by atoms with Gasteiger partial charge in [0.1, 0.15) is 11.4 Å². The number of benzene rings is 1. The van der Waals surface area contributed by atoms with E-state index >= 15 is 0 Å². The first-order valence-corrected chi connectivity index (χ1v) is 5.75. The molecule has 102 valence electrons. The normalized spacial score (nSPS) is 10.1. The zero-order valence-corrected chi connectivity index (χ0v) is 10.7. The van der Waals surface area contributed by atoms with E-state index in [4.69, 9.17) is 5.73 Å². The van der Waals surface area contributed by atoms with Crippen LogP contribution in [0.2, 0.25) is 0 Å². The number of nitrogens with two attached hydrogens (primary N) is 1. The predicted octanol–water partition coefficient (Wildman–Crippen LogP) is 2.13. The highest BCUT2D eigenvalue weighted by atomic mass is 16.6. The second kappa shape index (κ2) is 5.35. The molecule has 0 unspecified atom stereocenters. The average Bonchev–Trinajstić information content (AvgIpc) is 2.41. The molecular formula is C13H12N4O3. The number of pyridine rings is 1. The van der Waals surface area contributed by atoms with Crippen molar-refractivity contribution in [1.29, 1.82) is 0 Å². The van der Waals surface area contributed by atoms with Gasteiger partial charge in [-0.3, -0.25) is 14.9 Å². The largest absolute Gasteiger partial charge is 0.384 e. The first-order valence-electron chi connectivity index (χ1n) is 5.75. The number of nitrogens with one attached hydrogen (secondary N) is 1. The Kier molecular flexibility index (Phi) is 3.60. The minimum Gasteiger partial charge on any atom is -0.384 e. The molecule has 0 bridgehead atoms. The fourth-order valence-corrected chi connectivity index (χ4v) is 1.67. The van der Waals surface area contributed by atoms with Crippen LogP contribution in [0, 0.1) is 17.0 Å². The smallest absolute Gasteiger partial charge is 0.282 e. The van der Waals surface area contributed by atoms with Gasteiger partial charge in [-0.15, -0.1) is 0 Å². The van der Waals surface area contributed by atoms with Crippen LogP contribution in [0.3, 0.4) is 0 Å². The Morgan fingerprint density at radius 3 is 2.70 bits per heavy atom. The summed E-state index contributed by atoms with van der Waals surface area (Å²) in [6.07, 6.45) is 1.38. The summed E-state index contributed by atoms with van der Waals surface area (Å²) in [4.78, 5) is 26.3. The molecule has 0 saturated carbocycles. The molecule has 3 N–H and O–H groups in total. The number of hydrogen-bond donors (Lipinski definition) is 2. The highest BCUT2D eigenvalue weighted by Crippen LogP contribution is 2.21. The number of nitrogen functional groups attached to an aromatic ring is 1. The number of rotatable bonds is 3. The molecule has 2 rings (SSSR count). The first kappa shape index (κ1) is 13.5. The summed E-state index contributed by atoms with van der Waals surface area (Å²) in [6.45, 7) is 1.76. The Hall–Kier alpha value is -2.96. The van der Waals surface area contributed by atoms with Crippen LogP contribution >= 0.6 is 0 Å². The lowest BCUT2D eigenvalue weighted by molar-refractivity contribution is -0.385. The maximum atomic E-state index is 12.1. The van der Waals surface area contributed by atoms with Gasteiger partial charge in [0.05, 0.1) is 16.8 Å². The first-order chi connectivity index (χ1) is 9.47. The van der Waals surface area contributed by atoms with Gasteiger partial charge >= 0.3 is 0 Å². The summed E-state index contributed by atoms with van der Waals surface area (Å²) in [7, 11) is 0. The molecular weight excluding hydrogens is 260 g/mol. The van der Waals surface area contributed by atoms with Crippen molar-refractivity contribution in [3.8, 4) is 0 Å². The van der Waals surface area contributed by atoms with Gasteiger partial charge in [-0.1, -0.05) is 6.07 Å². The lowest BCUT2D eigenvalue weighted by Crippen LogP contribution is -2.14. The van der Waals surface area contributed by atoms with Gasteiger partial charge in [0, 0.05) is 6.07 Å². The van der Waals surface area contributed by atoms with Gasteiger partial charge in [-0.05, 0) is 30.7 Å². The number of aromatic nitrogens is 1. The van der Waals surface area contributed by atoms with Crippen molar-refractivity contribution in [2.75, 3.05) is 11.1 Å². The van der Waals surface area contributed by atoms with Crippen LogP contribution in [0.4, 0.5) is 17.2 Å². The Morgan fingerprint density at radius 2 is 2.10 bits per heavy atom. The predicted molar refractivity (Wildman–Crippen MR) is 74.4 cm³/mol. The molecule has 0 aliphatic rings. The van der Waals surface area contributed by atoms with Crippen molar-refractivity contribution in [3.63, 3.8) is 0 Å². The van der Waals surface area contributed by atoms with Crippen LogP contribution in [0.25, 0.3) is 0 Å². The van der Waals surface area contributed by atoms with Crippen LogP contribution < -0.4 is 11.1 Å². The minimum atomic E-state index is -0.588. The Labute approximate surface area is 114 Å². The van der Waals surface area contributed by atoms with Gasteiger partial charge in [0.2, 0.25) is 0 Å². The molecule has 2 aromatic rings. The maximum Gasteiger partial charge on any atom is 0.282 e. The zero-order chi connectivity index (χ0) is 14.7. The van der Waals surface area contributed by atoms with E-state index < -0.39 is 10.8 Å². The summed E-state index contributed by atoms with van der Waals surface area (Å²) < 4.78 is 0. The van der Waals surface area contributed by atoms with Gasteiger partial charge in [0.25, 0.3) is 11.6 Å². The van der Waals surface area contributed by atoms with Crippen molar-refractivity contribution in [3.05, 3.63) is 57.8 Å². The van der Waals surface area contributed by atoms with Gasteiger partial charge in [0.15, 0.2) is 0 Å². The lowest BCUT2D eigenvalue weighted by atomic mass is 10.1. The number of aryl methyl sites for hydroxylation is 1. The van der Waals surface area contributed by atoms with Crippen LogP contribution in [0.5, 0.6) is 0 Å². The molecule has 1 heterocycles. The van der Waals surface area contributed by atoms with Gasteiger partial charge in [-0.2, -0.15) is 0 Å². The number of amides is 1. The third-order valence-corrected chi connectivity index (χ3v) is 2.64. The molecule has 1 aromatic carbocycles. The highest BCUT2D eigenvalue weighted by Gasteiger charge is 2.20. The molecule has 0 saturated heterocycles. The highest BCUT2D eigenvalue weighted by molar-refractivity contribution is 6.07. The molecule has 0 aliphatic heterocycles. The van der Waals surface area contributed by atoms with Gasteiger partial charge in [-0.25, -0.2) is 4.98 Å². The maximum absolute atomic E-state index is 12.1. The molecule has 0 aliphatic carbocycles. The summed E-state index contributed by atoms with van der Waals surface area (Å²) in [5, 5.41) is 13.5. The van der Waals surface area contributed by atoms with Crippen LogP contribution in [0.1, 0.15) is 15.9 Å². The van der Waals surface area contributed by atoms with E-state index in [0.717, 1.165) is 5.56 Å². The molecule has 0 atom stereocenters. The third kappa shape index (κ3) is 2.89. The molecule has 1 amide bonds. The summed E-state index contributed by atoms with van der Waals surface area (Å²) in [5.41, 5.74) is 6.38. The van der Waals surface area contributed by atoms with Crippen LogP contribution in [-0.2, 0) is 0 Å². The molecule has 0 fully saturated rings. The number of nitrogens with zero attached hydrogens (tertiary/aromatic N) is 2. The summed E-state index contributed by atoms with van der Waals surface area (Å²) in [5.74, 6) is -0.239. The number of nitro groups is 1. The Bertz CT molecular complexity index is 668.